The fraction of sp³-hybridized carbons (Fsp3) is 0.650. The average Bonchev–Trinajstić information content (AvgIpc) is 3.09. The SMILES string of the molecule is CC1(C(=O)N2CC[C@@H](c3ccc4c(c3)OCO4)[C@H](O)C2)CCCCC1. The van der Waals surface area contributed by atoms with Crippen molar-refractivity contribution in [3.8, 4) is 11.5 Å². The predicted molar refractivity (Wildman–Crippen MR) is 93.7 cm³/mol. The molecule has 0 unspecified atom stereocenters. The van der Waals surface area contributed by atoms with E-state index in [2.05, 4.69) is 6.92 Å². The van der Waals surface area contributed by atoms with Gasteiger partial charge in [0, 0.05) is 24.4 Å². The lowest BCUT2D eigenvalue weighted by molar-refractivity contribution is -0.146. The van der Waals surface area contributed by atoms with Crippen LogP contribution in [0.15, 0.2) is 18.2 Å². The fourth-order valence-corrected chi connectivity index (χ4v) is 4.58. The number of ether oxygens (including phenoxy) is 2. The quantitative estimate of drug-likeness (QED) is 0.895. The van der Waals surface area contributed by atoms with Crippen LogP contribution < -0.4 is 9.47 Å². The molecule has 1 aliphatic carbocycles. The normalized spacial score (nSPS) is 28.0. The number of nitrogens with zero attached hydrogens (tertiary/aromatic N) is 1. The van der Waals surface area contributed by atoms with Crippen molar-refractivity contribution in [2.75, 3.05) is 19.9 Å². The summed E-state index contributed by atoms with van der Waals surface area (Å²) in [5.41, 5.74) is 0.830. The van der Waals surface area contributed by atoms with Gasteiger partial charge in [0.1, 0.15) is 0 Å². The second kappa shape index (κ2) is 6.52. The topological polar surface area (TPSA) is 59.0 Å². The number of hydrogen-bond donors (Lipinski definition) is 1. The van der Waals surface area contributed by atoms with Crippen molar-refractivity contribution >= 4 is 5.91 Å². The number of benzene rings is 1. The fourth-order valence-electron chi connectivity index (χ4n) is 4.58. The van der Waals surface area contributed by atoms with Gasteiger partial charge in [-0.05, 0) is 37.0 Å². The Kier molecular flexibility index (Phi) is 4.36. The number of aliphatic hydroxyl groups excluding tert-OH is 1. The third-order valence-corrected chi connectivity index (χ3v) is 6.17. The summed E-state index contributed by atoms with van der Waals surface area (Å²) in [6, 6.07) is 5.88. The molecule has 0 aromatic heterocycles. The van der Waals surface area contributed by atoms with E-state index < -0.39 is 6.10 Å². The highest BCUT2D eigenvalue weighted by molar-refractivity contribution is 5.82. The molecule has 1 amide bonds. The van der Waals surface area contributed by atoms with Crippen LogP contribution in [0.5, 0.6) is 11.5 Å². The van der Waals surface area contributed by atoms with Crippen molar-refractivity contribution in [1.29, 1.82) is 0 Å². The van der Waals surface area contributed by atoms with E-state index in [9.17, 15) is 9.90 Å². The largest absolute Gasteiger partial charge is 0.454 e. The molecule has 136 valence electrons. The van der Waals surface area contributed by atoms with E-state index in [0.29, 0.717) is 13.1 Å². The number of β-amino-alcohol motifs (C(OH)–C–C–N with tert-alkyl or cyclic N) is 1. The first-order valence-electron chi connectivity index (χ1n) is 9.44. The molecule has 5 heteroatoms. The van der Waals surface area contributed by atoms with E-state index in [1.165, 1.54) is 6.42 Å². The van der Waals surface area contributed by atoms with Crippen LogP contribution in [0.4, 0.5) is 0 Å². The zero-order chi connectivity index (χ0) is 17.4. The third kappa shape index (κ3) is 3.10. The number of carbonyl (C=O) groups excluding carboxylic acids is 1. The van der Waals surface area contributed by atoms with Gasteiger partial charge in [-0.25, -0.2) is 0 Å². The van der Waals surface area contributed by atoms with Crippen LogP contribution in [0.2, 0.25) is 0 Å². The highest BCUT2D eigenvalue weighted by atomic mass is 16.7. The van der Waals surface area contributed by atoms with Gasteiger partial charge in [0.2, 0.25) is 12.7 Å². The van der Waals surface area contributed by atoms with Gasteiger partial charge in [-0.2, -0.15) is 0 Å². The van der Waals surface area contributed by atoms with Crippen LogP contribution in [0.1, 0.15) is 56.9 Å². The number of likely N-dealkylation sites (tertiary alicyclic amines) is 1. The Morgan fingerprint density at radius 2 is 1.96 bits per heavy atom. The summed E-state index contributed by atoms with van der Waals surface area (Å²) >= 11 is 0. The zero-order valence-electron chi connectivity index (χ0n) is 14.9. The summed E-state index contributed by atoms with van der Waals surface area (Å²) in [6.45, 7) is 3.50. The van der Waals surface area contributed by atoms with Crippen molar-refractivity contribution in [3.63, 3.8) is 0 Å². The van der Waals surface area contributed by atoms with Crippen LogP contribution in [-0.4, -0.2) is 41.9 Å². The monoisotopic (exact) mass is 345 g/mol. The van der Waals surface area contributed by atoms with Crippen LogP contribution >= 0.6 is 0 Å². The molecule has 2 fully saturated rings. The minimum absolute atomic E-state index is 0.0395. The first-order chi connectivity index (χ1) is 12.1. The van der Waals surface area contributed by atoms with Crippen LogP contribution in [0.3, 0.4) is 0 Å². The molecule has 25 heavy (non-hydrogen) atoms. The zero-order valence-corrected chi connectivity index (χ0v) is 14.9. The van der Waals surface area contributed by atoms with Crippen LogP contribution in [0.25, 0.3) is 0 Å². The van der Waals surface area contributed by atoms with Crippen molar-refractivity contribution in [2.45, 2.75) is 57.5 Å². The van der Waals surface area contributed by atoms with Crippen molar-refractivity contribution in [1.82, 2.24) is 4.90 Å². The number of rotatable bonds is 2. The maximum absolute atomic E-state index is 13.0. The Morgan fingerprint density at radius 3 is 2.72 bits per heavy atom. The lowest BCUT2D eigenvalue weighted by atomic mass is 9.74. The summed E-state index contributed by atoms with van der Waals surface area (Å²) in [4.78, 5) is 14.9. The summed E-state index contributed by atoms with van der Waals surface area (Å²) in [7, 11) is 0. The van der Waals surface area contributed by atoms with E-state index in [0.717, 1.165) is 49.2 Å². The second-order valence-corrected chi connectivity index (χ2v) is 7.95. The van der Waals surface area contributed by atoms with Crippen LogP contribution in [-0.2, 0) is 4.79 Å². The summed E-state index contributed by atoms with van der Waals surface area (Å²) in [5.74, 6) is 1.78. The number of carbonyl (C=O) groups is 1. The molecule has 3 aliphatic rings. The molecule has 1 aromatic rings. The van der Waals surface area contributed by atoms with Crippen LogP contribution in [0, 0.1) is 5.41 Å². The van der Waals surface area contributed by atoms with Crippen molar-refractivity contribution in [2.24, 2.45) is 5.41 Å². The maximum atomic E-state index is 13.0. The highest BCUT2D eigenvalue weighted by Gasteiger charge is 2.40. The number of amides is 1. The number of piperidine rings is 1. The lowest BCUT2D eigenvalue weighted by Gasteiger charge is -2.42. The summed E-state index contributed by atoms with van der Waals surface area (Å²) in [6.07, 6.45) is 5.70. The predicted octanol–water partition coefficient (Wildman–Crippen LogP) is 3.06. The third-order valence-electron chi connectivity index (χ3n) is 6.17. The first kappa shape index (κ1) is 16.7. The standard InChI is InChI=1S/C20H27NO4/c1-20(8-3-2-4-9-20)19(23)21-10-7-15(16(22)12-21)14-5-6-17-18(11-14)25-13-24-17/h5-6,11,15-16,22H,2-4,7-10,12-13H2,1H3/t15-,16+/m0/s1. The van der Waals surface area contributed by atoms with Gasteiger partial charge in [0.25, 0.3) is 0 Å². The Bertz CT molecular complexity index is 653. The Hall–Kier alpha value is -1.75. The second-order valence-electron chi connectivity index (χ2n) is 7.95. The number of aliphatic hydroxyl groups is 1. The minimum atomic E-state index is -0.537. The van der Waals surface area contributed by atoms with E-state index in [-0.39, 0.29) is 24.0 Å². The molecular formula is C20H27NO4. The lowest BCUT2D eigenvalue weighted by Crippen LogP contribution is -2.51. The Labute approximate surface area is 148 Å². The van der Waals surface area contributed by atoms with Gasteiger partial charge < -0.3 is 19.5 Å². The first-order valence-corrected chi connectivity index (χ1v) is 9.44. The van der Waals surface area contributed by atoms with Crippen molar-refractivity contribution in [3.05, 3.63) is 23.8 Å². The Morgan fingerprint density at radius 1 is 1.20 bits per heavy atom. The number of hydrogen-bond acceptors (Lipinski definition) is 4. The molecule has 2 atom stereocenters. The molecule has 2 aliphatic heterocycles. The summed E-state index contributed by atoms with van der Waals surface area (Å²) < 4.78 is 10.8. The van der Waals surface area contributed by atoms with E-state index >= 15 is 0 Å². The molecule has 0 radical (unpaired) electrons. The molecule has 1 saturated heterocycles. The van der Waals surface area contributed by atoms with E-state index in [1.54, 1.807) is 0 Å². The molecule has 1 saturated carbocycles. The molecule has 1 N–H and O–H groups in total. The molecule has 5 nitrogen and oxygen atoms in total. The molecular weight excluding hydrogens is 318 g/mol. The molecule has 2 heterocycles. The summed E-state index contributed by atoms with van der Waals surface area (Å²) in [5, 5.41) is 10.7. The van der Waals surface area contributed by atoms with E-state index in [4.69, 9.17) is 9.47 Å². The van der Waals surface area contributed by atoms with E-state index in [1.807, 2.05) is 23.1 Å². The molecule has 0 bridgehead atoms. The van der Waals surface area contributed by atoms with Crippen molar-refractivity contribution < 1.29 is 19.4 Å². The average molecular weight is 345 g/mol. The molecule has 0 spiro atoms. The van der Waals surface area contributed by atoms with Gasteiger partial charge in [0.05, 0.1) is 6.10 Å². The Balaban J connectivity index is 1.44. The smallest absolute Gasteiger partial charge is 0.231 e. The number of fused-ring (bicyclic) bond motifs is 1. The molecule has 1 aromatic carbocycles. The van der Waals surface area contributed by atoms with Gasteiger partial charge in [0.15, 0.2) is 11.5 Å². The van der Waals surface area contributed by atoms with Gasteiger partial charge in [-0.3, -0.25) is 4.79 Å². The van der Waals surface area contributed by atoms with Gasteiger partial charge in [-0.1, -0.05) is 32.3 Å². The maximum Gasteiger partial charge on any atom is 0.231 e. The minimum Gasteiger partial charge on any atom is -0.454 e. The van der Waals surface area contributed by atoms with Gasteiger partial charge in [-0.15, -0.1) is 0 Å². The van der Waals surface area contributed by atoms with Gasteiger partial charge >= 0.3 is 0 Å². The highest BCUT2D eigenvalue weighted by Crippen LogP contribution is 2.40. The molecule has 4 rings (SSSR count).